The van der Waals surface area contributed by atoms with Crippen LogP contribution < -0.4 is 10.5 Å². The van der Waals surface area contributed by atoms with Crippen LogP contribution in [0.15, 0.2) is 24.3 Å². The number of carbonyl (C=O) groups is 1. The summed E-state index contributed by atoms with van der Waals surface area (Å²) in [5.41, 5.74) is 7.54. The Morgan fingerprint density at radius 1 is 1.43 bits per heavy atom. The van der Waals surface area contributed by atoms with E-state index in [1.54, 1.807) is 13.2 Å². The van der Waals surface area contributed by atoms with Crippen molar-refractivity contribution in [1.82, 2.24) is 19.7 Å². The van der Waals surface area contributed by atoms with Gasteiger partial charge in [-0.3, -0.25) is 14.4 Å². The normalized spacial score (nSPS) is 14.7. The maximum atomic E-state index is 11.2. The monoisotopic (exact) mass is 287 g/mol. The maximum absolute atomic E-state index is 11.2. The topological polar surface area (TPSA) is 86.3 Å². The molecule has 0 spiro atoms. The highest BCUT2D eigenvalue weighted by Crippen LogP contribution is 2.16. The van der Waals surface area contributed by atoms with Crippen LogP contribution in [-0.4, -0.2) is 39.2 Å². The lowest BCUT2D eigenvalue weighted by atomic mass is 10.2. The van der Waals surface area contributed by atoms with Gasteiger partial charge < -0.3 is 10.5 Å². The number of carbonyl (C=O) groups excluding carboxylic acids is 1. The SMILES string of the molecule is COc1cccc(CN2CCn3nc(C(N)=O)cc3C2)n1. The van der Waals surface area contributed by atoms with Crippen molar-refractivity contribution in [3.8, 4) is 5.88 Å². The number of amides is 1. The molecule has 21 heavy (non-hydrogen) atoms. The van der Waals surface area contributed by atoms with E-state index >= 15 is 0 Å². The smallest absolute Gasteiger partial charge is 0.269 e. The predicted octanol–water partition coefficient (Wildman–Crippen LogP) is 0.401. The van der Waals surface area contributed by atoms with Gasteiger partial charge in [0.1, 0.15) is 5.69 Å². The zero-order valence-corrected chi connectivity index (χ0v) is 11.8. The Morgan fingerprint density at radius 2 is 2.29 bits per heavy atom. The Morgan fingerprint density at radius 3 is 3.05 bits per heavy atom. The predicted molar refractivity (Wildman–Crippen MR) is 75.6 cm³/mol. The Bertz CT molecular complexity index is 667. The third-order valence-corrected chi connectivity index (χ3v) is 3.51. The van der Waals surface area contributed by atoms with Gasteiger partial charge in [0.05, 0.1) is 25.0 Å². The number of hydrogen-bond donors (Lipinski definition) is 1. The summed E-state index contributed by atoms with van der Waals surface area (Å²) in [6, 6.07) is 7.49. The average Bonchev–Trinajstić information content (AvgIpc) is 2.91. The van der Waals surface area contributed by atoms with E-state index in [1.807, 2.05) is 22.9 Å². The molecule has 0 aromatic carbocycles. The number of rotatable bonds is 4. The van der Waals surface area contributed by atoms with Gasteiger partial charge in [0.2, 0.25) is 5.88 Å². The summed E-state index contributed by atoms with van der Waals surface area (Å²) in [4.78, 5) is 17.8. The van der Waals surface area contributed by atoms with E-state index in [9.17, 15) is 4.79 Å². The summed E-state index contributed by atoms with van der Waals surface area (Å²) < 4.78 is 6.98. The van der Waals surface area contributed by atoms with Crippen molar-refractivity contribution in [2.24, 2.45) is 5.73 Å². The molecular weight excluding hydrogens is 270 g/mol. The summed E-state index contributed by atoms with van der Waals surface area (Å²) in [6.45, 7) is 3.05. The van der Waals surface area contributed by atoms with Crippen LogP contribution in [0.2, 0.25) is 0 Å². The van der Waals surface area contributed by atoms with Crippen molar-refractivity contribution in [2.75, 3.05) is 13.7 Å². The molecule has 0 bridgehead atoms. The molecule has 1 aliphatic heterocycles. The van der Waals surface area contributed by atoms with E-state index in [1.165, 1.54) is 0 Å². The first-order valence-corrected chi connectivity index (χ1v) is 6.74. The molecule has 0 fully saturated rings. The molecule has 110 valence electrons. The number of ether oxygens (including phenoxy) is 1. The molecule has 7 heteroatoms. The number of aromatic nitrogens is 3. The van der Waals surface area contributed by atoms with Crippen LogP contribution in [-0.2, 0) is 19.6 Å². The molecular formula is C14H17N5O2. The minimum absolute atomic E-state index is 0.325. The van der Waals surface area contributed by atoms with Crippen LogP contribution in [0.25, 0.3) is 0 Å². The molecule has 7 nitrogen and oxygen atoms in total. The zero-order chi connectivity index (χ0) is 14.8. The fourth-order valence-corrected chi connectivity index (χ4v) is 2.46. The summed E-state index contributed by atoms with van der Waals surface area (Å²) in [5, 5.41) is 4.20. The third-order valence-electron chi connectivity index (χ3n) is 3.51. The fraction of sp³-hybridized carbons (Fsp3) is 0.357. The van der Waals surface area contributed by atoms with E-state index < -0.39 is 5.91 Å². The van der Waals surface area contributed by atoms with Crippen LogP contribution >= 0.6 is 0 Å². The highest BCUT2D eigenvalue weighted by atomic mass is 16.5. The zero-order valence-electron chi connectivity index (χ0n) is 11.8. The second kappa shape index (κ2) is 5.53. The highest BCUT2D eigenvalue weighted by Gasteiger charge is 2.20. The summed E-state index contributed by atoms with van der Waals surface area (Å²) >= 11 is 0. The van der Waals surface area contributed by atoms with Gasteiger partial charge in [-0.2, -0.15) is 5.10 Å². The summed E-state index contributed by atoms with van der Waals surface area (Å²) in [5.74, 6) is 0.128. The summed E-state index contributed by atoms with van der Waals surface area (Å²) in [6.07, 6.45) is 0. The average molecular weight is 287 g/mol. The number of hydrogen-bond acceptors (Lipinski definition) is 5. The number of pyridine rings is 1. The minimum Gasteiger partial charge on any atom is -0.481 e. The van der Waals surface area contributed by atoms with E-state index in [2.05, 4.69) is 15.0 Å². The van der Waals surface area contributed by atoms with Crippen molar-refractivity contribution in [2.45, 2.75) is 19.6 Å². The molecule has 0 atom stereocenters. The first kappa shape index (κ1) is 13.6. The fourth-order valence-electron chi connectivity index (χ4n) is 2.46. The Balaban J connectivity index is 1.72. The molecule has 0 saturated carbocycles. The third kappa shape index (κ3) is 2.87. The van der Waals surface area contributed by atoms with Crippen LogP contribution in [0.1, 0.15) is 21.9 Å². The molecule has 2 aromatic rings. The van der Waals surface area contributed by atoms with Gasteiger partial charge in [0.25, 0.3) is 5.91 Å². The number of nitrogens with zero attached hydrogens (tertiary/aromatic N) is 4. The van der Waals surface area contributed by atoms with Crippen LogP contribution in [0, 0.1) is 0 Å². The van der Waals surface area contributed by atoms with Gasteiger partial charge in [0, 0.05) is 25.7 Å². The Kier molecular flexibility index (Phi) is 3.57. The van der Waals surface area contributed by atoms with Crippen molar-refractivity contribution >= 4 is 5.91 Å². The largest absolute Gasteiger partial charge is 0.481 e. The minimum atomic E-state index is -0.488. The molecule has 3 rings (SSSR count). The highest BCUT2D eigenvalue weighted by molar-refractivity contribution is 5.90. The molecule has 3 heterocycles. The van der Waals surface area contributed by atoms with Crippen molar-refractivity contribution < 1.29 is 9.53 Å². The van der Waals surface area contributed by atoms with Gasteiger partial charge in [-0.1, -0.05) is 6.07 Å². The molecule has 2 aromatic heterocycles. The quantitative estimate of drug-likeness (QED) is 0.879. The van der Waals surface area contributed by atoms with Gasteiger partial charge in [0.15, 0.2) is 0 Å². The number of methoxy groups -OCH3 is 1. The number of nitrogens with two attached hydrogens (primary N) is 1. The second-order valence-corrected chi connectivity index (χ2v) is 4.99. The lowest BCUT2D eigenvalue weighted by molar-refractivity contribution is 0.0994. The van der Waals surface area contributed by atoms with Crippen LogP contribution in [0.3, 0.4) is 0 Å². The molecule has 2 N–H and O–H groups in total. The molecule has 0 aliphatic carbocycles. The van der Waals surface area contributed by atoms with E-state index in [0.29, 0.717) is 11.6 Å². The van der Waals surface area contributed by atoms with Gasteiger partial charge in [-0.25, -0.2) is 4.98 Å². The summed E-state index contributed by atoms with van der Waals surface area (Å²) in [7, 11) is 1.61. The van der Waals surface area contributed by atoms with Crippen LogP contribution in [0.4, 0.5) is 0 Å². The molecule has 0 unspecified atom stereocenters. The number of fused-ring (bicyclic) bond motifs is 1. The van der Waals surface area contributed by atoms with Gasteiger partial charge in [-0.05, 0) is 12.1 Å². The van der Waals surface area contributed by atoms with Gasteiger partial charge >= 0.3 is 0 Å². The molecule has 0 saturated heterocycles. The molecule has 1 aliphatic rings. The van der Waals surface area contributed by atoms with Crippen LogP contribution in [0.5, 0.6) is 5.88 Å². The van der Waals surface area contributed by atoms with E-state index in [4.69, 9.17) is 10.5 Å². The van der Waals surface area contributed by atoms with Crippen molar-refractivity contribution in [3.63, 3.8) is 0 Å². The number of primary amides is 1. The molecule has 0 radical (unpaired) electrons. The van der Waals surface area contributed by atoms with E-state index in [0.717, 1.165) is 37.6 Å². The van der Waals surface area contributed by atoms with Crippen molar-refractivity contribution in [3.05, 3.63) is 41.3 Å². The van der Waals surface area contributed by atoms with Gasteiger partial charge in [-0.15, -0.1) is 0 Å². The second-order valence-electron chi connectivity index (χ2n) is 4.99. The Labute approximate surface area is 122 Å². The lowest BCUT2D eigenvalue weighted by Crippen LogP contribution is -2.33. The first-order chi connectivity index (χ1) is 10.2. The molecule has 1 amide bonds. The standard InChI is InChI=1S/C14H17N5O2/c1-21-13-4-2-3-10(16-13)8-18-5-6-19-11(9-18)7-12(17-19)14(15)20/h2-4,7H,5-6,8-9H2,1H3,(H2,15,20). The first-order valence-electron chi connectivity index (χ1n) is 6.74. The van der Waals surface area contributed by atoms with Crippen molar-refractivity contribution in [1.29, 1.82) is 0 Å². The Hall–Kier alpha value is -2.41. The maximum Gasteiger partial charge on any atom is 0.269 e. The van der Waals surface area contributed by atoms with E-state index in [-0.39, 0.29) is 0 Å². The lowest BCUT2D eigenvalue weighted by Gasteiger charge is -2.27.